The van der Waals surface area contributed by atoms with Gasteiger partial charge in [-0.25, -0.2) is 0 Å². The molecule has 2 rings (SSSR count). The summed E-state index contributed by atoms with van der Waals surface area (Å²) in [6.45, 7) is 5.73. The normalized spacial score (nSPS) is 36.3. The molecule has 0 radical (unpaired) electrons. The van der Waals surface area contributed by atoms with Gasteiger partial charge in [0.2, 0.25) is 0 Å². The SMILES string of the molecule is C=CC(C1CCCO1)C1CCCO1. The summed E-state index contributed by atoms with van der Waals surface area (Å²) >= 11 is 0. The van der Waals surface area contributed by atoms with E-state index in [-0.39, 0.29) is 0 Å². The summed E-state index contributed by atoms with van der Waals surface area (Å²) in [4.78, 5) is 0. The van der Waals surface area contributed by atoms with E-state index in [0.29, 0.717) is 18.1 Å². The van der Waals surface area contributed by atoms with Gasteiger partial charge >= 0.3 is 0 Å². The Bertz CT molecular complexity index is 151. The van der Waals surface area contributed by atoms with Crippen molar-refractivity contribution < 1.29 is 9.47 Å². The van der Waals surface area contributed by atoms with Gasteiger partial charge in [0.1, 0.15) is 0 Å². The summed E-state index contributed by atoms with van der Waals surface area (Å²) < 4.78 is 11.3. The lowest BCUT2D eigenvalue weighted by atomic mass is 9.92. The van der Waals surface area contributed by atoms with E-state index in [1.165, 1.54) is 25.7 Å². The van der Waals surface area contributed by atoms with E-state index in [2.05, 4.69) is 6.58 Å². The van der Waals surface area contributed by atoms with E-state index < -0.39 is 0 Å². The van der Waals surface area contributed by atoms with E-state index in [4.69, 9.17) is 9.47 Å². The van der Waals surface area contributed by atoms with Crippen LogP contribution < -0.4 is 0 Å². The second-order valence-corrected chi connectivity index (χ2v) is 3.92. The van der Waals surface area contributed by atoms with Crippen molar-refractivity contribution in [2.45, 2.75) is 37.9 Å². The molecule has 0 bridgehead atoms. The van der Waals surface area contributed by atoms with Crippen molar-refractivity contribution in [3.8, 4) is 0 Å². The van der Waals surface area contributed by atoms with Crippen LogP contribution in [0, 0.1) is 5.92 Å². The van der Waals surface area contributed by atoms with Gasteiger partial charge in [-0.15, -0.1) is 6.58 Å². The van der Waals surface area contributed by atoms with Crippen LogP contribution in [0.3, 0.4) is 0 Å². The first-order chi connectivity index (χ1) is 6.42. The zero-order chi connectivity index (χ0) is 9.10. The van der Waals surface area contributed by atoms with E-state index >= 15 is 0 Å². The molecule has 0 N–H and O–H groups in total. The molecule has 2 saturated heterocycles. The first-order valence-corrected chi connectivity index (χ1v) is 5.27. The summed E-state index contributed by atoms with van der Waals surface area (Å²) in [6.07, 6.45) is 7.52. The molecule has 0 spiro atoms. The van der Waals surface area contributed by atoms with Crippen LogP contribution in [0.4, 0.5) is 0 Å². The molecule has 0 aromatic rings. The monoisotopic (exact) mass is 182 g/mol. The molecule has 2 unspecified atom stereocenters. The third kappa shape index (κ3) is 1.94. The summed E-state index contributed by atoms with van der Waals surface area (Å²) in [6, 6.07) is 0. The van der Waals surface area contributed by atoms with Crippen molar-refractivity contribution in [3.63, 3.8) is 0 Å². The lowest BCUT2D eigenvalue weighted by molar-refractivity contribution is 0.00182. The van der Waals surface area contributed by atoms with Crippen LogP contribution in [-0.4, -0.2) is 25.4 Å². The molecule has 74 valence electrons. The van der Waals surface area contributed by atoms with Crippen LogP contribution in [0.15, 0.2) is 12.7 Å². The summed E-state index contributed by atoms with van der Waals surface area (Å²) in [5.41, 5.74) is 0. The van der Waals surface area contributed by atoms with Gasteiger partial charge in [-0.3, -0.25) is 0 Å². The number of rotatable bonds is 3. The van der Waals surface area contributed by atoms with Crippen molar-refractivity contribution in [2.75, 3.05) is 13.2 Å². The minimum Gasteiger partial charge on any atom is -0.378 e. The molecule has 2 aliphatic rings. The van der Waals surface area contributed by atoms with E-state index in [9.17, 15) is 0 Å². The van der Waals surface area contributed by atoms with Gasteiger partial charge in [0.15, 0.2) is 0 Å². The molecule has 0 aliphatic carbocycles. The fourth-order valence-electron chi connectivity index (χ4n) is 2.36. The molecule has 2 heteroatoms. The van der Waals surface area contributed by atoms with Gasteiger partial charge in [-0.05, 0) is 25.7 Å². The fourth-order valence-corrected chi connectivity index (χ4v) is 2.36. The second-order valence-electron chi connectivity index (χ2n) is 3.92. The van der Waals surface area contributed by atoms with Gasteiger partial charge in [0.25, 0.3) is 0 Å². The van der Waals surface area contributed by atoms with Gasteiger partial charge < -0.3 is 9.47 Å². The van der Waals surface area contributed by atoms with Crippen molar-refractivity contribution in [1.29, 1.82) is 0 Å². The van der Waals surface area contributed by atoms with E-state index in [1.54, 1.807) is 0 Å². The van der Waals surface area contributed by atoms with Crippen LogP contribution in [0.2, 0.25) is 0 Å². The summed E-state index contributed by atoms with van der Waals surface area (Å²) in [7, 11) is 0. The number of hydrogen-bond donors (Lipinski definition) is 0. The van der Waals surface area contributed by atoms with Gasteiger partial charge in [-0.1, -0.05) is 6.08 Å². The molecule has 0 saturated carbocycles. The van der Waals surface area contributed by atoms with Crippen molar-refractivity contribution in [3.05, 3.63) is 12.7 Å². The Morgan fingerprint density at radius 1 is 1.08 bits per heavy atom. The van der Waals surface area contributed by atoms with Crippen molar-refractivity contribution in [2.24, 2.45) is 5.92 Å². The smallest absolute Gasteiger partial charge is 0.0663 e. The first kappa shape index (κ1) is 9.22. The highest BCUT2D eigenvalue weighted by atomic mass is 16.5. The van der Waals surface area contributed by atoms with Crippen LogP contribution >= 0.6 is 0 Å². The average molecular weight is 182 g/mol. The topological polar surface area (TPSA) is 18.5 Å². The van der Waals surface area contributed by atoms with Crippen molar-refractivity contribution >= 4 is 0 Å². The molecule has 0 aromatic heterocycles. The highest BCUT2D eigenvalue weighted by Gasteiger charge is 2.32. The fraction of sp³-hybridized carbons (Fsp3) is 0.818. The molecule has 2 aliphatic heterocycles. The first-order valence-electron chi connectivity index (χ1n) is 5.27. The van der Waals surface area contributed by atoms with Crippen molar-refractivity contribution in [1.82, 2.24) is 0 Å². The molecule has 2 nitrogen and oxygen atoms in total. The Labute approximate surface area is 79.9 Å². The van der Waals surface area contributed by atoms with Gasteiger partial charge in [0.05, 0.1) is 12.2 Å². The molecule has 2 fully saturated rings. The number of hydrogen-bond acceptors (Lipinski definition) is 2. The van der Waals surface area contributed by atoms with Gasteiger partial charge in [0, 0.05) is 19.1 Å². The molecule has 13 heavy (non-hydrogen) atoms. The Kier molecular flexibility index (Phi) is 3.01. The van der Waals surface area contributed by atoms with E-state index in [0.717, 1.165) is 13.2 Å². The Morgan fingerprint density at radius 3 is 1.92 bits per heavy atom. The molecule has 2 heterocycles. The maximum absolute atomic E-state index is 5.67. The van der Waals surface area contributed by atoms with Crippen LogP contribution in [-0.2, 0) is 9.47 Å². The van der Waals surface area contributed by atoms with E-state index in [1.807, 2.05) is 6.08 Å². The Balaban J connectivity index is 1.94. The lowest BCUT2D eigenvalue weighted by Crippen LogP contribution is -2.29. The zero-order valence-corrected chi connectivity index (χ0v) is 8.08. The highest BCUT2D eigenvalue weighted by Crippen LogP contribution is 2.30. The number of ether oxygens (including phenoxy) is 2. The molecule has 0 amide bonds. The predicted molar refractivity (Wildman–Crippen MR) is 51.6 cm³/mol. The maximum Gasteiger partial charge on any atom is 0.0663 e. The lowest BCUT2D eigenvalue weighted by Gasteiger charge is -2.24. The van der Waals surface area contributed by atoms with Crippen LogP contribution in [0.5, 0.6) is 0 Å². The largest absolute Gasteiger partial charge is 0.378 e. The predicted octanol–water partition coefficient (Wildman–Crippen LogP) is 2.15. The maximum atomic E-state index is 5.67. The average Bonchev–Trinajstić information content (AvgIpc) is 2.76. The summed E-state index contributed by atoms with van der Waals surface area (Å²) in [5.74, 6) is 0.421. The third-order valence-corrected chi connectivity index (χ3v) is 3.06. The molecule has 0 aromatic carbocycles. The molecular weight excluding hydrogens is 164 g/mol. The Morgan fingerprint density at radius 2 is 1.62 bits per heavy atom. The molecule has 2 atom stereocenters. The Hall–Kier alpha value is -0.340. The minimum absolute atomic E-state index is 0.376. The van der Waals surface area contributed by atoms with Crippen LogP contribution in [0.1, 0.15) is 25.7 Å². The minimum atomic E-state index is 0.376. The van der Waals surface area contributed by atoms with Gasteiger partial charge in [-0.2, -0.15) is 0 Å². The zero-order valence-electron chi connectivity index (χ0n) is 8.08. The highest BCUT2D eigenvalue weighted by molar-refractivity contribution is 4.94. The molecular formula is C11H18O2. The third-order valence-electron chi connectivity index (χ3n) is 3.06. The van der Waals surface area contributed by atoms with Crippen LogP contribution in [0.25, 0.3) is 0 Å². The standard InChI is InChI=1S/C11H18O2/c1-2-9(10-5-3-7-12-10)11-6-4-8-13-11/h2,9-11H,1,3-8H2. The quantitative estimate of drug-likeness (QED) is 0.623. The second kappa shape index (κ2) is 4.25. The summed E-state index contributed by atoms with van der Waals surface area (Å²) in [5, 5.41) is 0.